The molecule has 0 bridgehead atoms. The van der Waals surface area contributed by atoms with E-state index in [1.54, 1.807) is 27.0 Å². The molecule has 1 aromatic carbocycles. The van der Waals surface area contributed by atoms with E-state index in [0.29, 0.717) is 11.4 Å². The molecular weight excluding hydrogens is 240 g/mol. The van der Waals surface area contributed by atoms with Crippen LogP contribution in [0.1, 0.15) is 18.2 Å². The topological polar surface area (TPSA) is 54.6 Å². The van der Waals surface area contributed by atoms with Crippen molar-refractivity contribution in [2.24, 2.45) is 12.0 Å². The first kappa shape index (κ1) is 13.1. The molecule has 4 heteroatoms. The van der Waals surface area contributed by atoms with Crippen LogP contribution in [0.5, 0.6) is 5.75 Å². The molecule has 1 aromatic heterocycles. The predicted molar refractivity (Wildman–Crippen MR) is 76.4 cm³/mol. The molecule has 0 spiro atoms. The number of aromatic nitrogens is 1. The maximum atomic E-state index is 12.2. The number of hydrogen-bond acceptors (Lipinski definition) is 3. The van der Waals surface area contributed by atoms with E-state index in [9.17, 15) is 9.90 Å². The minimum Gasteiger partial charge on any atom is -0.507 e. The molecule has 0 aliphatic heterocycles. The van der Waals surface area contributed by atoms with Gasteiger partial charge in [-0.05, 0) is 26.0 Å². The van der Waals surface area contributed by atoms with Gasteiger partial charge in [-0.15, -0.1) is 0 Å². The number of aromatic hydroxyl groups is 1. The molecule has 0 unspecified atom stereocenters. The summed E-state index contributed by atoms with van der Waals surface area (Å²) in [6.07, 6.45) is 0. The van der Waals surface area contributed by atoms with Crippen LogP contribution in [0.2, 0.25) is 0 Å². The molecule has 0 radical (unpaired) electrons. The van der Waals surface area contributed by atoms with Gasteiger partial charge in [-0.25, -0.2) is 0 Å². The number of benzene rings is 1. The lowest BCUT2D eigenvalue weighted by Gasteiger charge is -2.09. The summed E-state index contributed by atoms with van der Waals surface area (Å²) in [4.78, 5) is 16.5. The number of pyridine rings is 1. The Morgan fingerprint density at radius 2 is 1.89 bits per heavy atom. The zero-order chi connectivity index (χ0) is 14.0. The van der Waals surface area contributed by atoms with E-state index in [1.807, 2.05) is 30.3 Å². The van der Waals surface area contributed by atoms with Gasteiger partial charge in [0.05, 0.1) is 11.4 Å². The van der Waals surface area contributed by atoms with E-state index in [1.165, 1.54) is 4.57 Å². The molecule has 0 saturated carbocycles. The van der Waals surface area contributed by atoms with Gasteiger partial charge < -0.3 is 9.67 Å². The fraction of sp³-hybridized carbons (Fsp3) is 0.200. The summed E-state index contributed by atoms with van der Waals surface area (Å²) < 4.78 is 1.50. The van der Waals surface area contributed by atoms with E-state index < -0.39 is 0 Å². The predicted octanol–water partition coefficient (Wildman–Crippen LogP) is 2.54. The second-order valence-corrected chi connectivity index (χ2v) is 4.44. The summed E-state index contributed by atoms with van der Waals surface area (Å²) in [6, 6.07) is 10.9. The summed E-state index contributed by atoms with van der Waals surface area (Å²) in [6.45, 7) is 3.49. The van der Waals surface area contributed by atoms with Crippen LogP contribution in [-0.4, -0.2) is 15.4 Å². The Balaban J connectivity index is 2.57. The van der Waals surface area contributed by atoms with Gasteiger partial charge in [-0.1, -0.05) is 18.2 Å². The van der Waals surface area contributed by atoms with Gasteiger partial charge in [0.15, 0.2) is 0 Å². The van der Waals surface area contributed by atoms with Crippen molar-refractivity contribution in [3.05, 3.63) is 58.0 Å². The second kappa shape index (κ2) is 5.10. The number of aryl methyl sites for hydroxylation is 1. The highest BCUT2D eigenvalue weighted by atomic mass is 16.3. The number of hydrogen-bond donors (Lipinski definition) is 1. The molecular formula is C15H16N2O2. The Morgan fingerprint density at radius 3 is 2.53 bits per heavy atom. The van der Waals surface area contributed by atoms with Crippen molar-refractivity contribution in [2.45, 2.75) is 13.8 Å². The molecule has 1 heterocycles. The van der Waals surface area contributed by atoms with E-state index in [-0.39, 0.29) is 16.9 Å². The average Bonchev–Trinajstić information content (AvgIpc) is 2.37. The molecule has 0 saturated heterocycles. The van der Waals surface area contributed by atoms with Gasteiger partial charge in [0.1, 0.15) is 11.3 Å². The zero-order valence-electron chi connectivity index (χ0n) is 11.2. The lowest BCUT2D eigenvalue weighted by Crippen LogP contribution is -2.25. The molecule has 0 aliphatic carbocycles. The number of aliphatic imine (C=N–C) groups is 1. The van der Waals surface area contributed by atoms with E-state index in [2.05, 4.69) is 4.99 Å². The molecule has 4 nitrogen and oxygen atoms in total. The van der Waals surface area contributed by atoms with Gasteiger partial charge in [0.25, 0.3) is 5.56 Å². The summed E-state index contributed by atoms with van der Waals surface area (Å²) in [5, 5.41) is 9.95. The molecule has 1 N–H and O–H groups in total. The third kappa shape index (κ3) is 2.57. The summed E-state index contributed by atoms with van der Waals surface area (Å²) in [5.74, 6) is -0.0298. The molecule has 98 valence electrons. The number of para-hydroxylation sites is 1. The molecule has 0 atom stereocenters. The first-order chi connectivity index (χ1) is 9.00. The molecule has 19 heavy (non-hydrogen) atoms. The summed E-state index contributed by atoms with van der Waals surface area (Å²) in [5.41, 5.74) is 1.97. The van der Waals surface area contributed by atoms with Gasteiger partial charge in [-0.3, -0.25) is 9.79 Å². The fourth-order valence-corrected chi connectivity index (χ4v) is 1.90. The minimum absolute atomic E-state index is 0.0298. The normalized spacial score (nSPS) is 11.6. The van der Waals surface area contributed by atoms with Crippen LogP contribution in [0, 0.1) is 6.92 Å². The van der Waals surface area contributed by atoms with Gasteiger partial charge in [-0.2, -0.15) is 0 Å². The standard InChI is InChI=1S/C15H16N2O2/c1-10-9-13(18)14(15(19)17(10)3)11(2)16-12-7-5-4-6-8-12/h4-9,18H,1-3H3. The third-order valence-electron chi connectivity index (χ3n) is 3.06. The van der Waals surface area contributed by atoms with Gasteiger partial charge in [0.2, 0.25) is 0 Å². The van der Waals surface area contributed by atoms with Crippen LogP contribution >= 0.6 is 0 Å². The Morgan fingerprint density at radius 1 is 1.26 bits per heavy atom. The van der Waals surface area contributed by atoms with Crippen molar-refractivity contribution in [1.82, 2.24) is 4.57 Å². The van der Waals surface area contributed by atoms with Crippen LogP contribution < -0.4 is 5.56 Å². The molecule has 0 amide bonds. The lowest BCUT2D eigenvalue weighted by molar-refractivity contribution is 0.469. The van der Waals surface area contributed by atoms with E-state index in [4.69, 9.17) is 0 Å². The van der Waals surface area contributed by atoms with Gasteiger partial charge >= 0.3 is 0 Å². The zero-order valence-corrected chi connectivity index (χ0v) is 11.2. The van der Waals surface area contributed by atoms with Crippen molar-refractivity contribution < 1.29 is 5.11 Å². The quantitative estimate of drug-likeness (QED) is 0.839. The molecule has 2 aromatic rings. The minimum atomic E-state index is -0.241. The Kier molecular flexibility index (Phi) is 3.51. The fourth-order valence-electron chi connectivity index (χ4n) is 1.90. The SMILES string of the molecule is CC(=Nc1ccccc1)c1c(O)cc(C)n(C)c1=O. The first-order valence-corrected chi connectivity index (χ1v) is 6.01. The van der Waals surface area contributed by atoms with Gasteiger partial charge in [0, 0.05) is 18.8 Å². The van der Waals surface area contributed by atoms with Crippen LogP contribution in [0.3, 0.4) is 0 Å². The Hall–Kier alpha value is -2.36. The molecule has 0 fully saturated rings. The Bertz CT molecular complexity index is 685. The highest BCUT2D eigenvalue weighted by molar-refractivity contribution is 6.02. The highest BCUT2D eigenvalue weighted by Gasteiger charge is 2.13. The smallest absolute Gasteiger partial charge is 0.263 e. The monoisotopic (exact) mass is 256 g/mol. The van der Waals surface area contributed by atoms with Crippen molar-refractivity contribution in [1.29, 1.82) is 0 Å². The van der Waals surface area contributed by atoms with Crippen molar-refractivity contribution in [3.8, 4) is 5.75 Å². The Labute approximate surface area is 111 Å². The maximum Gasteiger partial charge on any atom is 0.263 e. The van der Waals surface area contributed by atoms with Crippen LogP contribution in [0.25, 0.3) is 0 Å². The second-order valence-electron chi connectivity index (χ2n) is 4.44. The van der Waals surface area contributed by atoms with Crippen LogP contribution in [0.4, 0.5) is 5.69 Å². The maximum absolute atomic E-state index is 12.2. The average molecular weight is 256 g/mol. The van der Waals surface area contributed by atoms with Crippen molar-refractivity contribution in [2.75, 3.05) is 0 Å². The molecule has 2 rings (SSSR count). The molecule has 0 aliphatic rings. The summed E-state index contributed by atoms with van der Waals surface area (Å²) in [7, 11) is 1.68. The van der Waals surface area contributed by atoms with Crippen molar-refractivity contribution >= 4 is 11.4 Å². The van der Waals surface area contributed by atoms with Crippen molar-refractivity contribution in [3.63, 3.8) is 0 Å². The lowest BCUT2D eigenvalue weighted by atomic mass is 10.1. The van der Waals surface area contributed by atoms with E-state index >= 15 is 0 Å². The number of nitrogens with zero attached hydrogens (tertiary/aromatic N) is 2. The highest BCUT2D eigenvalue weighted by Crippen LogP contribution is 2.18. The first-order valence-electron chi connectivity index (χ1n) is 6.01. The third-order valence-corrected chi connectivity index (χ3v) is 3.06. The largest absolute Gasteiger partial charge is 0.507 e. The van der Waals surface area contributed by atoms with E-state index in [0.717, 1.165) is 5.69 Å². The number of rotatable bonds is 2. The summed E-state index contributed by atoms with van der Waals surface area (Å²) >= 11 is 0. The van der Waals surface area contributed by atoms with Crippen LogP contribution in [0.15, 0.2) is 46.2 Å². The van der Waals surface area contributed by atoms with Crippen LogP contribution in [-0.2, 0) is 7.05 Å².